The molecule has 3 nitrogen and oxygen atoms in total. The summed E-state index contributed by atoms with van der Waals surface area (Å²) in [5.41, 5.74) is 0. The summed E-state index contributed by atoms with van der Waals surface area (Å²) in [6, 6.07) is 0. The van der Waals surface area contributed by atoms with Crippen molar-refractivity contribution in [1.29, 1.82) is 0 Å². The molecule has 0 aromatic heterocycles. The van der Waals surface area contributed by atoms with E-state index in [1.54, 1.807) is 0 Å². The molecule has 0 saturated carbocycles. The van der Waals surface area contributed by atoms with Crippen LogP contribution in [-0.2, 0) is 13.9 Å². The van der Waals surface area contributed by atoms with Crippen LogP contribution < -0.4 is 0 Å². The van der Waals surface area contributed by atoms with Crippen molar-refractivity contribution >= 4 is 8.32 Å². The molecule has 0 bridgehead atoms. The van der Waals surface area contributed by atoms with E-state index < -0.39 is 8.32 Å². The van der Waals surface area contributed by atoms with E-state index in [9.17, 15) is 0 Å². The smallest absolute Gasteiger partial charge is 0.192 e. The molecule has 0 radical (unpaired) electrons. The van der Waals surface area contributed by atoms with Crippen LogP contribution in [0.2, 0.25) is 18.1 Å². The largest absolute Gasteiger partial charge is 0.414 e. The van der Waals surface area contributed by atoms with Gasteiger partial charge in [-0.15, -0.1) is 0 Å². The summed E-state index contributed by atoms with van der Waals surface area (Å²) in [7, 11) is -1.67. The Morgan fingerprint density at radius 1 is 1.25 bits per heavy atom. The molecule has 120 valence electrons. The average molecular weight is 303 g/mol. The third-order valence-corrected chi connectivity index (χ3v) is 9.14. The molecule has 0 aromatic rings. The Hall–Kier alpha value is 0.0969. The van der Waals surface area contributed by atoms with Gasteiger partial charge >= 0.3 is 0 Å². The summed E-state index contributed by atoms with van der Waals surface area (Å²) in [6.07, 6.45) is 5.81. The molecular formula is C16H34O3Si. The highest BCUT2D eigenvalue weighted by molar-refractivity contribution is 6.74. The number of rotatable bonds is 7. The molecule has 0 aliphatic carbocycles. The summed E-state index contributed by atoms with van der Waals surface area (Å²) in [6.45, 7) is 15.3. The fraction of sp³-hybridized carbons (Fsp3) is 1.00. The minimum Gasteiger partial charge on any atom is -0.414 e. The van der Waals surface area contributed by atoms with Crippen molar-refractivity contribution in [3.63, 3.8) is 0 Å². The van der Waals surface area contributed by atoms with E-state index >= 15 is 0 Å². The van der Waals surface area contributed by atoms with Gasteiger partial charge in [-0.3, -0.25) is 0 Å². The van der Waals surface area contributed by atoms with E-state index in [0.717, 1.165) is 32.5 Å². The second-order valence-electron chi connectivity index (χ2n) is 7.36. The summed E-state index contributed by atoms with van der Waals surface area (Å²) >= 11 is 0. The zero-order chi connectivity index (χ0) is 15.2. The van der Waals surface area contributed by atoms with Crippen molar-refractivity contribution in [2.75, 3.05) is 13.2 Å². The van der Waals surface area contributed by atoms with Crippen LogP contribution in [0.1, 0.15) is 59.8 Å². The van der Waals surface area contributed by atoms with E-state index in [4.69, 9.17) is 13.9 Å². The molecule has 0 aromatic carbocycles. The molecule has 1 fully saturated rings. The predicted molar refractivity (Wildman–Crippen MR) is 86.5 cm³/mol. The minimum atomic E-state index is -1.67. The van der Waals surface area contributed by atoms with Gasteiger partial charge in [0, 0.05) is 12.7 Å². The number of hydrogen-bond acceptors (Lipinski definition) is 3. The van der Waals surface area contributed by atoms with Crippen LogP contribution in [0.25, 0.3) is 0 Å². The molecular weight excluding hydrogens is 268 g/mol. The van der Waals surface area contributed by atoms with Crippen LogP contribution in [0.5, 0.6) is 0 Å². The SMILES string of the molecule is CCC(CCOC1CCCCO1)O[Si](C)(C)C(C)(C)C. The first-order chi connectivity index (χ1) is 9.26. The van der Waals surface area contributed by atoms with Crippen LogP contribution in [0.3, 0.4) is 0 Å². The van der Waals surface area contributed by atoms with Crippen LogP contribution >= 0.6 is 0 Å². The van der Waals surface area contributed by atoms with E-state index in [0.29, 0.717) is 6.10 Å². The third-order valence-electron chi connectivity index (χ3n) is 4.60. The van der Waals surface area contributed by atoms with Crippen molar-refractivity contribution in [3.05, 3.63) is 0 Å². The second-order valence-corrected chi connectivity index (χ2v) is 12.1. The molecule has 4 heteroatoms. The first-order valence-corrected chi connectivity index (χ1v) is 11.1. The van der Waals surface area contributed by atoms with Crippen LogP contribution in [-0.4, -0.2) is 33.9 Å². The molecule has 0 amide bonds. The predicted octanol–water partition coefficient (Wildman–Crippen LogP) is 4.72. The highest BCUT2D eigenvalue weighted by atomic mass is 28.4. The highest BCUT2D eigenvalue weighted by Gasteiger charge is 2.38. The van der Waals surface area contributed by atoms with Gasteiger partial charge in [-0.2, -0.15) is 0 Å². The Labute approximate surface area is 126 Å². The van der Waals surface area contributed by atoms with Crippen molar-refractivity contribution in [3.8, 4) is 0 Å². The topological polar surface area (TPSA) is 27.7 Å². The van der Waals surface area contributed by atoms with Gasteiger partial charge in [0.1, 0.15) is 0 Å². The molecule has 0 N–H and O–H groups in total. The van der Waals surface area contributed by atoms with Gasteiger partial charge in [0.05, 0.1) is 6.61 Å². The van der Waals surface area contributed by atoms with Crippen molar-refractivity contribution < 1.29 is 13.9 Å². The van der Waals surface area contributed by atoms with Gasteiger partial charge in [0.2, 0.25) is 0 Å². The number of hydrogen-bond donors (Lipinski definition) is 0. The molecule has 0 spiro atoms. The Bertz CT molecular complexity index is 267. The van der Waals surface area contributed by atoms with Crippen molar-refractivity contribution in [2.24, 2.45) is 0 Å². The van der Waals surface area contributed by atoms with Crippen LogP contribution in [0, 0.1) is 0 Å². The molecule has 1 rings (SSSR count). The Morgan fingerprint density at radius 3 is 2.45 bits per heavy atom. The first kappa shape index (κ1) is 18.1. The Kier molecular flexibility index (Phi) is 7.19. The maximum atomic E-state index is 6.46. The quantitative estimate of drug-likeness (QED) is 0.637. The summed E-state index contributed by atoms with van der Waals surface area (Å²) in [5, 5.41) is 0.272. The van der Waals surface area contributed by atoms with Crippen molar-refractivity contribution in [2.45, 2.75) is 90.3 Å². The van der Waals surface area contributed by atoms with E-state index in [2.05, 4.69) is 40.8 Å². The van der Waals surface area contributed by atoms with Gasteiger partial charge < -0.3 is 13.9 Å². The van der Waals surface area contributed by atoms with E-state index in [1.807, 2.05) is 0 Å². The fourth-order valence-corrected chi connectivity index (χ4v) is 3.58. The van der Waals surface area contributed by atoms with Gasteiger partial charge in [-0.25, -0.2) is 0 Å². The molecule has 1 aliphatic heterocycles. The standard InChI is InChI=1S/C16H34O3Si/c1-7-14(19-20(5,6)16(2,3)4)11-13-18-15-10-8-9-12-17-15/h14-15H,7-13H2,1-6H3. The Balaban J connectivity index is 2.32. The Morgan fingerprint density at radius 2 is 1.95 bits per heavy atom. The lowest BCUT2D eigenvalue weighted by Gasteiger charge is -2.39. The summed E-state index contributed by atoms with van der Waals surface area (Å²) < 4.78 is 17.9. The molecule has 1 aliphatic rings. The zero-order valence-corrected chi connectivity index (χ0v) is 15.3. The maximum Gasteiger partial charge on any atom is 0.192 e. The molecule has 1 saturated heterocycles. The minimum absolute atomic E-state index is 0.0223. The molecule has 20 heavy (non-hydrogen) atoms. The molecule has 1 heterocycles. The van der Waals surface area contributed by atoms with Gasteiger partial charge in [-0.1, -0.05) is 27.7 Å². The average Bonchev–Trinajstić information content (AvgIpc) is 2.37. The molecule has 2 atom stereocenters. The maximum absolute atomic E-state index is 6.46. The lowest BCUT2D eigenvalue weighted by Crippen LogP contribution is -2.44. The third kappa shape index (κ3) is 5.84. The van der Waals surface area contributed by atoms with Gasteiger partial charge in [0.25, 0.3) is 0 Å². The van der Waals surface area contributed by atoms with E-state index in [1.165, 1.54) is 12.8 Å². The van der Waals surface area contributed by atoms with Gasteiger partial charge in [0.15, 0.2) is 14.6 Å². The van der Waals surface area contributed by atoms with Crippen LogP contribution in [0.15, 0.2) is 0 Å². The second kappa shape index (κ2) is 7.92. The lowest BCUT2D eigenvalue weighted by atomic mass is 10.2. The first-order valence-electron chi connectivity index (χ1n) is 8.17. The fourth-order valence-electron chi connectivity index (χ4n) is 2.11. The number of ether oxygens (including phenoxy) is 2. The summed E-state index contributed by atoms with van der Waals surface area (Å²) in [4.78, 5) is 0. The van der Waals surface area contributed by atoms with Gasteiger partial charge in [-0.05, 0) is 50.2 Å². The zero-order valence-electron chi connectivity index (χ0n) is 14.3. The molecule has 2 unspecified atom stereocenters. The lowest BCUT2D eigenvalue weighted by molar-refractivity contribution is -0.165. The van der Waals surface area contributed by atoms with Crippen LogP contribution in [0.4, 0.5) is 0 Å². The van der Waals surface area contributed by atoms with E-state index in [-0.39, 0.29) is 11.3 Å². The normalized spacial score (nSPS) is 22.8. The monoisotopic (exact) mass is 302 g/mol. The van der Waals surface area contributed by atoms with Crippen molar-refractivity contribution in [1.82, 2.24) is 0 Å². The summed E-state index contributed by atoms with van der Waals surface area (Å²) in [5.74, 6) is 0. The highest BCUT2D eigenvalue weighted by Crippen LogP contribution is 2.37.